The first kappa shape index (κ1) is 29.1. The molecule has 0 aromatic heterocycles. The molecule has 0 N–H and O–H groups in total. The van der Waals surface area contributed by atoms with E-state index in [1.165, 1.54) is 23.6 Å². The van der Waals surface area contributed by atoms with E-state index in [0.29, 0.717) is 28.9 Å². The van der Waals surface area contributed by atoms with E-state index in [1.807, 2.05) is 58.9 Å². The largest absolute Gasteiger partial charge is 0.427 e. The molecule has 0 fully saturated rings. The van der Waals surface area contributed by atoms with Crippen LogP contribution < -0.4 is 9.47 Å². The van der Waals surface area contributed by atoms with Gasteiger partial charge < -0.3 is 9.47 Å². The van der Waals surface area contributed by atoms with Gasteiger partial charge in [-0.2, -0.15) is 0 Å². The number of hydrogen-bond donors (Lipinski definition) is 0. The zero-order chi connectivity index (χ0) is 26.8. The standard InChI is InChI=1S/C32H42O4/c1-9-27(29-15-19-30(20-16-29)35-26(8)33)12-10-11-22(4)28-13-17-31(18-14-28)36-32(34)25(7)24(6)23(5)21(2)3/h13-20,22,27H,9-12H2,1-8H3/b25-24+. The minimum atomic E-state index is -0.305. The first-order valence-corrected chi connectivity index (χ1v) is 13.0. The van der Waals surface area contributed by atoms with Gasteiger partial charge in [0.1, 0.15) is 11.5 Å². The van der Waals surface area contributed by atoms with Gasteiger partial charge in [-0.15, -0.1) is 0 Å². The van der Waals surface area contributed by atoms with Crippen molar-refractivity contribution >= 4 is 11.9 Å². The Morgan fingerprint density at radius 1 is 0.694 bits per heavy atom. The Balaban J connectivity index is 1.91. The number of hydrogen-bond acceptors (Lipinski definition) is 4. The molecule has 2 rings (SSSR count). The van der Waals surface area contributed by atoms with Crippen molar-refractivity contribution in [2.24, 2.45) is 0 Å². The number of rotatable bonds is 11. The Kier molecular flexibility index (Phi) is 11.2. The zero-order valence-corrected chi connectivity index (χ0v) is 23.2. The van der Waals surface area contributed by atoms with Gasteiger partial charge in [-0.3, -0.25) is 4.79 Å². The lowest BCUT2D eigenvalue weighted by atomic mass is 9.88. The highest BCUT2D eigenvalue weighted by atomic mass is 16.5. The highest BCUT2D eigenvalue weighted by Crippen LogP contribution is 2.30. The fourth-order valence-corrected chi connectivity index (χ4v) is 4.27. The van der Waals surface area contributed by atoms with Crippen LogP contribution in [0.3, 0.4) is 0 Å². The van der Waals surface area contributed by atoms with Crippen molar-refractivity contribution in [2.45, 2.75) is 92.9 Å². The van der Waals surface area contributed by atoms with E-state index in [2.05, 4.69) is 38.1 Å². The van der Waals surface area contributed by atoms with E-state index in [9.17, 15) is 9.59 Å². The highest BCUT2D eigenvalue weighted by molar-refractivity contribution is 5.91. The van der Waals surface area contributed by atoms with Crippen molar-refractivity contribution in [3.63, 3.8) is 0 Å². The van der Waals surface area contributed by atoms with E-state index in [4.69, 9.17) is 9.47 Å². The van der Waals surface area contributed by atoms with Crippen molar-refractivity contribution < 1.29 is 19.1 Å². The number of ether oxygens (including phenoxy) is 2. The molecular formula is C32H42O4. The molecule has 4 heteroatoms. The third-order valence-electron chi connectivity index (χ3n) is 7.14. The Morgan fingerprint density at radius 3 is 1.72 bits per heavy atom. The summed E-state index contributed by atoms with van der Waals surface area (Å²) in [6, 6.07) is 15.8. The van der Waals surface area contributed by atoms with Crippen molar-refractivity contribution in [1.29, 1.82) is 0 Å². The zero-order valence-electron chi connectivity index (χ0n) is 23.2. The average molecular weight is 491 g/mol. The van der Waals surface area contributed by atoms with Crippen LogP contribution in [0.15, 0.2) is 70.8 Å². The second-order valence-corrected chi connectivity index (χ2v) is 9.93. The van der Waals surface area contributed by atoms with Crippen molar-refractivity contribution in [2.75, 3.05) is 0 Å². The molecule has 2 aromatic rings. The van der Waals surface area contributed by atoms with E-state index in [0.717, 1.165) is 36.8 Å². The van der Waals surface area contributed by atoms with Crippen molar-refractivity contribution in [3.8, 4) is 11.5 Å². The number of allylic oxidation sites excluding steroid dienone is 3. The van der Waals surface area contributed by atoms with Crippen LogP contribution in [0.1, 0.15) is 104 Å². The first-order chi connectivity index (χ1) is 17.0. The highest BCUT2D eigenvalue weighted by Gasteiger charge is 2.14. The third-order valence-corrected chi connectivity index (χ3v) is 7.14. The van der Waals surface area contributed by atoms with E-state index >= 15 is 0 Å². The summed E-state index contributed by atoms with van der Waals surface area (Å²) in [6.07, 6.45) is 4.39. The molecule has 0 aliphatic carbocycles. The lowest BCUT2D eigenvalue weighted by Gasteiger charge is -2.18. The van der Waals surface area contributed by atoms with Gasteiger partial charge in [0.05, 0.1) is 0 Å². The summed E-state index contributed by atoms with van der Waals surface area (Å²) in [7, 11) is 0. The molecule has 0 aliphatic heterocycles. The molecule has 36 heavy (non-hydrogen) atoms. The van der Waals surface area contributed by atoms with Crippen molar-refractivity contribution in [3.05, 3.63) is 82.0 Å². The van der Waals surface area contributed by atoms with Gasteiger partial charge in [0.25, 0.3) is 0 Å². The molecule has 0 heterocycles. The van der Waals surface area contributed by atoms with Gasteiger partial charge in [0.2, 0.25) is 0 Å². The molecule has 0 saturated carbocycles. The topological polar surface area (TPSA) is 52.6 Å². The van der Waals surface area contributed by atoms with Gasteiger partial charge in [0.15, 0.2) is 0 Å². The van der Waals surface area contributed by atoms with Crippen molar-refractivity contribution in [1.82, 2.24) is 0 Å². The van der Waals surface area contributed by atoms with Gasteiger partial charge in [-0.1, -0.05) is 50.1 Å². The summed E-state index contributed by atoms with van der Waals surface area (Å²) in [5.74, 6) is 1.46. The summed E-state index contributed by atoms with van der Waals surface area (Å²) in [5, 5.41) is 0. The van der Waals surface area contributed by atoms with Gasteiger partial charge in [-0.25, -0.2) is 4.79 Å². The summed E-state index contributed by atoms with van der Waals surface area (Å²) < 4.78 is 10.8. The van der Waals surface area contributed by atoms with Crippen LogP contribution in [0.4, 0.5) is 0 Å². The second kappa shape index (κ2) is 13.8. The molecule has 2 unspecified atom stereocenters. The van der Waals surface area contributed by atoms with E-state index in [1.54, 1.807) is 0 Å². The Morgan fingerprint density at radius 2 is 1.22 bits per heavy atom. The number of carbonyl (C=O) groups is 2. The van der Waals surface area contributed by atoms with Crippen LogP contribution >= 0.6 is 0 Å². The molecule has 4 nitrogen and oxygen atoms in total. The first-order valence-electron chi connectivity index (χ1n) is 13.0. The van der Waals surface area contributed by atoms with Crippen LogP contribution in [0.25, 0.3) is 0 Å². The van der Waals surface area contributed by atoms with Gasteiger partial charge >= 0.3 is 11.9 Å². The van der Waals surface area contributed by atoms with E-state index < -0.39 is 0 Å². The molecule has 0 saturated heterocycles. The normalized spacial score (nSPS) is 13.3. The lowest BCUT2D eigenvalue weighted by molar-refractivity contribution is -0.132. The molecule has 0 radical (unpaired) electrons. The third kappa shape index (κ3) is 8.51. The quantitative estimate of drug-likeness (QED) is 0.137. The molecule has 0 amide bonds. The average Bonchev–Trinajstić information content (AvgIpc) is 2.85. The van der Waals surface area contributed by atoms with Crippen LogP contribution in [0.5, 0.6) is 11.5 Å². The Bertz CT molecular complexity index is 1080. The lowest BCUT2D eigenvalue weighted by Crippen LogP contribution is -2.11. The molecule has 2 aromatic carbocycles. The molecular weight excluding hydrogens is 448 g/mol. The van der Waals surface area contributed by atoms with Crippen LogP contribution in [-0.4, -0.2) is 11.9 Å². The van der Waals surface area contributed by atoms with E-state index in [-0.39, 0.29) is 11.9 Å². The summed E-state index contributed by atoms with van der Waals surface area (Å²) >= 11 is 0. The monoisotopic (exact) mass is 490 g/mol. The predicted molar refractivity (Wildman–Crippen MR) is 148 cm³/mol. The summed E-state index contributed by atoms with van der Waals surface area (Å²) in [5.41, 5.74) is 6.45. The fraction of sp³-hybridized carbons (Fsp3) is 0.438. The maximum Gasteiger partial charge on any atom is 0.339 e. The van der Waals surface area contributed by atoms with Gasteiger partial charge in [0, 0.05) is 12.5 Å². The predicted octanol–water partition coefficient (Wildman–Crippen LogP) is 8.68. The van der Waals surface area contributed by atoms with Crippen LogP contribution in [0.2, 0.25) is 0 Å². The Labute approximate surface area is 217 Å². The molecule has 0 spiro atoms. The number of esters is 2. The van der Waals surface area contributed by atoms with Gasteiger partial charge in [-0.05, 0) is 112 Å². The smallest absolute Gasteiger partial charge is 0.339 e. The maximum atomic E-state index is 12.6. The Hall–Kier alpha value is -3.14. The molecule has 0 aliphatic rings. The fourth-order valence-electron chi connectivity index (χ4n) is 4.27. The summed E-state index contributed by atoms with van der Waals surface area (Å²) in [6.45, 7) is 15.8. The molecule has 2 atom stereocenters. The molecule has 0 bridgehead atoms. The minimum Gasteiger partial charge on any atom is -0.427 e. The minimum absolute atomic E-state index is 0.299. The maximum absolute atomic E-state index is 12.6. The van der Waals surface area contributed by atoms with Crippen LogP contribution in [-0.2, 0) is 9.59 Å². The van der Waals surface area contributed by atoms with Crippen LogP contribution in [0, 0.1) is 0 Å². The molecule has 194 valence electrons. The SMILES string of the molecule is CCC(CCCC(C)c1ccc(OC(=O)/C(C)=C(\C)C(C)=C(C)C)cc1)c1ccc(OC(C)=O)cc1. The number of carbonyl (C=O) groups excluding carboxylic acids is 2. The summed E-state index contributed by atoms with van der Waals surface area (Å²) in [4.78, 5) is 23.7. The second-order valence-electron chi connectivity index (χ2n) is 9.93. The number of benzene rings is 2.